The van der Waals surface area contributed by atoms with E-state index >= 15 is 0 Å². The van der Waals surface area contributed by atoms with Crippen molar-refractivity contribution in [3.8, 4) is 0 Å². The number of halogens is 1. The maximum Gasteiger partial charge on any atom is 0.256 e. The van der Waals surface area contributed by atoms with Crippen LogP contribution in [0, 0.1) is 5.82 Å². The minimum Gasteiger partial charge on any atom is -0.342 e. The van der Waals surface area contributed by atoms with Crippen molar-refractivity contribution in [3.63, 3.8) is 0 Å². The molecule has 3 nitrogen and oxygen atoms in total. The number of hydrogen-bond donors (Lipinski definition) is 0. The van der Waals surface area contributed by atoms with Gasteiger partial charge in [0.05, 0.1) is 5.56 Å². The molecule has 1 aromatic heterocycles. The van der Waals surface area contributed by atoms with E-state index in [2.05, 4.69) is 17.1 Å². The van der Waals surface area contributed by atoms with Crippen molar-refractivity contribution in [2.24, 2.45) is 0 Å². The standard InChI is InChI=1S/C23H23FN2OS/c1-26(16-6-9-18-7-3-2-4-8-18)23(27)21-10-5-15-25-22(21)28-17-19-11-13-20(24)14-12-19/h2-5,7-8,10-15H,6,9,16-17H2,1H3. The lowest BCUT2D eigenvalue weighted by Crippen LogP contribution is -2.28. The topological polar surface area (TPSA) is 33.2 Å². The first-order valence-electron chi connectivity index (χ1n) is 9.25. The van der Waals surface area contributed by atoms with Gasteiger partial charge in [-0.15, -0.1) is 11.8 Å². The number of benzene rings is 2. The SMILES string of the molecule is CN(CCCc1ccccc1)C(=O)c1cccnc1SCc1ccc(F)cc1. The molecule has 3 aromatic rings. The van der Waals surface area contributed by atoms with Crippen LogP contribution in [0.3, 0.4) is 0 Å². The average molecular weight is 395 g/mol. The molecular formula is C23H23FN2OS. The zero-order valence-corrected chi connectivity index (χ0v) is 16.7. The van der Waals surface area contributed by atoms with Crippen molar-refractivity contribution >= 4 is 17.7 Å². The lowest BCUT2D eigenvalue weighted by Gasteiger charge is -2.18. The van der Waals surface area contributed by atoms with Crippen LogP contribution in [0.25, 0.3) is 0 Å². The number of nitrogens with zero attached hydrogens (tertiary/aromatic N) is 2. The molecule has 0 radical (unpaired) electrons. The van der Waals surface area contributed by atoms with Crippen molar-refractivity contribution in [2.45, 2.75) is 23.6 Å². The third-order valence-corrected chi connectivity index (χ3v) is 5.52. The molecule has 0 spiro atoms. The van der Waals surface area contributed by atoms with Gasteiger partial charge in [0, 0.05) is 25.5 Å². The van der Waals surface area contributed by atoms with Crippen LogP contribution in [0.5, 0.6) is 0 Å². The molecule has 0 atom stereocenters. The zero-order valence-electron chi connectivity index (χ0n) is 15.8. The lowest BCUT2D eigenvalue weighted by atomic mass is 10.1. The van der Waals surface area contributed by atoms with Crippen LogP contribution in [0.4, 0.5) is 4.39 Å². The fourth-order valence-electron chi connectivity index (χ4n) is 2.87. The summed E-state index contributed by atoms with van der Waals surface area (Å²) in [5.41, 5.74) is 2.88. The van der Waals surface area contributed by atoms with E-state index in [4.69, 9.17) is 0 Å². The molecule has 5 heteroatoms. The number of carbonyl (C=O) groups excluding carboxylic acids is 1. The maximum atomic E-state index is 13.0. The number of carbonyl (C=O) groups is 1. The van der Waals surface area contributed by atoms with Gasteiger partial charge in [-0.25, -0.2) is 9.37 Å². The summed E-state index contributed by atoms with van der Waals surface area (Å²) in [4.78, 5) is 19.0. The molecule has 0 saturated carbocycles. The molecule has 0 N–H and O–H groups in total. The fourth-order valence-corrected chi connectivity index (χ4v) is 3.82. The summed E-state index contributed by atoms with van der Waals surface area (Å²) in [6, 6.07) is 20.3. The highest BCUT2D eigenvalue weighted by atomic mass is 32.2. The van der Waals surface area contributed by atoms with Gasteiger partial charge in [0.25, 0.3) is 5.91 Å². The van der Waals surface area contributed by atoms with Gasteiger partial charge in [0.2, 0.25) is 0 Å². The zero-order chi connectivity index (χ0) is 19.8. The fraction of sp³-hybridized carbons (Fsp3) is 0.217. The van der Waals surface area contributed by atoms with Crippen LogP contribution in [-0.4, -0.2) is 29.4 Å². The largest absolute Gasteiger partial charge is 0.342 e. The van der Waals surface area contributed by atoms with Gasteiger partial charge in [-0.1, -0.05) is 42.5 Å². The molecule has 144 valence electrons. The van der Waals surface area contributed by atoms with Crippen LogP contribution >= 0.6 is 11.8 Å². The summed E-state index contributed by atoms with van der Waals surface area (Å²) >= 11 is 1.49. The molecule has 1 heterocycles. The highest BCUT2D eigenvalue weighted by Gasteiger charge is 2.16. The summed E-state index contributed by atoms with van der Waals surface area (Å²) in [5, 5.41) is 0.701. The van der Waals surface area contributed by atoms with E-state index < -0.39 is 0 Å². The predicted octanol–water partition coefficient (Wildman–Crippen LogP) is 5.22. The smallest absolute Gasteiger partial charge is 0.256 e. The summed E-state index contributed by atoms with van der Waals surface area (Å²) in [7, 11) is 1.83. The predicted molar refractivity (Wildman–Crippen MR) is 112 cm³/mol. The second-order valence-corrected chi connectivity index (χ2v) is 7.55. The van der Waals surface area contributed by atoms with E-state index in [9.17, 15) is 9.18 Å². The third-order valence-electron chi connectivity index (χ3n) is 4.44. The molecule has 0 bridgehead atoms. The van der Waals surface area contributed by atoms with Crippen LogP contribution in [0.2, 0.25) is 0 Å². The monoisotopic (exact) mass is 394 g/mol. The summed E-state index contributed by atoms with van der Waals surface area (Å²) in [5.74, 6) is 0.359. The van der Waals surface area contributed by atoms with Crippen LogP contribution < -0.4 is 0 Å². The Hall–Kier alpha value is -2.66. The van der Waals surface area contributed by atoms with Crippen LogP contribution in [0.15, 0.2) is 78.0 Å². The summed E-state index contributed by atoms with van der Waals surface area (Å²) < 4.78 is 13.0. The normalized spacial score (nSPS) is 10.6. The Morgan fingerprint density at radius 1 is 1.00 bits per heavy atom. The highest BCUT2D eigenvalue weighted by molar-refractivity contribution is 7.98. The molecule has 0 unspecified atom stereocenters. The van der Waals surface area contributed by atoms with E-state index in [0.717, 1.165) is 18.4 Å². The second kappa shape index (κ2) is 10.0. The Morgan fingerprint density at radius 3 is 2.50 bits per heavy atom. The number of rotatable bonds is 8. The van der Waals surface area contributed by atoms with Gasteiger partial charge in [-0.2, -0.15) is 0 Å². The first kappa shape index (κ1) is 20.1. The average Bonchev–Trinajstić information content (AvgIpc) is 2.74. The van der Waals surface area contributed by atoms with Crippen molar-refractivity contribution in [1.29, 1.82) is 0 Å². The Labute approximate surface area is 169 Å². The van der Waals surface area contributed by atoms with Crippen molar-refractivity contribution in [1.82, 2.24) is 9.88 Å². The number of hydrogen-bond acceptors (Lipinski definition) is 3. The van der Waals surface area contributed by atoms with Gasteiger partial charge in [-0.05, 0) is 48.2 Å². The van der Waals surface area contributed by atoms with Crippen molar-refractivity contribution in [3.05, 3.63) is 95.4 Å². The van der Waals surface area contributed by atoms with E-state index in [1.165, 1.54) is 29.5 Å². The molecule has 2 aromatic carbocycles. The molecule has 0 aliphatic heterocycles. The van der Waals surface area contributed by atoms with Gasteiger partial charge in [-0.3, -0.25) is 4.79 Å². The molecule has 0 saturated heterocycles. The molecule has 0 aliphatic rings. The Bertz CT molecular complexity index is 900. The highest BCUT2D eigenvalue weighted by Crippen LogP contribution is 2.25. The van der Waals surface area contributed by atoms with E-state index in [1.807, 2.05) is 31.3 Å². The molecular weight excluding hydrogens is 371 g/mol. The molecule has 28 heavy (non-hydrogen) atoms. The first-order valence-corrected chi connectivity index (χ1v) is 10.2. The maximum absolute atomic E-state index is 13.0. The van der Waals surface area contributed by atoms with E-state index in [-0.39, 0.29) is 11.7 Å². The van der Waals surface area contributed by atoms with Gasteiger partial charge < -0.3 is 4.90 Å². The third kappa shape index (κ3) is 5.67. The minimum absolute atomic E-state index is 0.0252. The quantitative estimate of drug-likeness (QED) is 0.491. The number of pyridine rings is 1. The number of aryl methyl sites for hydroxylation is 1. The Kier molecular flexibility index (Phi) is 7.20. The second-order valence-electron chi connectivity index (χ2n) is 6.59. The minimum atomic E-state index is -0.250. The molecule has 0 aliphatic carbocycles. The van der Waals surface area contributed by atoms with Gasteiger partial charge >= 0.3 is 0 Å². The first-order chi connectivity index (χ1) is 13.6. The van der Waals surface area contributed by atoms with Crippen molar-refractivity contribution in [2.75, 3.05) is 13.6 Å². The summed E-state index contributed by atoms with van der Waals surface area (Å²) in [6.07, 6.45) is 3.54. The van der Waals surface area contributed by atoms with Crippen LogP contribution in [-0.2, 0) is 12.2 Å². The van der Waals surface area contributed by atoms with E-state index in [1.54, 1.807) is 29.3 Å². The van der Waals surface area contributed by atoms with Crippen LogP contribution in [0.1, 0.15) is 27.9 Å². The van der Waals surface area contributed by atoms with E-state index in [0.29, 0.717) is 22.9 Å². The summed E-state index contributed by atoms with van der Waals surface area (Å²) in [6.45, 7) is 0.685. The number of amides is 1. The number of thioether (sulfide) groups is 1. The molecule has 1 amide bonds. The van der Waals surface area contributed by atoms with Crippen molar-refractivity contribution < 1.29 is 9.18 Å². The molecule has 0 fully saturated rings. The van der Waals surface area contributed by atoms with Gasteiger partial charge in [0.1, 0.15) is 10.8 Å². The lowest BCUT2D eigenvalue weighted by molar-refractivity contribution is 0.0789. The van der Waals surface area contributed by atoms with Gasteiger partial charge in [0.15, 0.2) is 0 Å². The Morgan fingerprint density at radius 2 is 1.75 bits per heavy atom. The Balaban J connectivity index is 1.58. The number of aromatic nitrogens is 1. The molecule has 3 rings (SSSR count).